The normalized spacial score (nSPS) is 16.2. The maximum Gasteiger partial charge on any atom is 0.282 e. The van der Waals surface area contributed by atoms with Crippen LogP contribution in [0.25, 0.3) is 10.2 Å². The van der Waals surface area contributed by atoms with Gasteiger partial charge in [0.25, 0.3) is 5.91 Å². The standard InChI is InChI=1S/C15H18N2O3S2/c1-10(2)9-22(19,20)11-7-17(8-11)15(18)14-16-12-5-3-4-6-13(12)21-14/h3-6,10-11H,7-9H2,1-2H3. The number of hydrogen-bond donors (Lipinski definition) is 0. The van der Waals surface area contributed by atoms with Gasteiger partial charge in [0.05, 0.1) is 21.2 Å². The Kier molecular flexibility index (Phi) is 3.94. The Morgan fingerprint density at radius 1 is 1.36 bits per heavy atom. The van der Waals surface area contributed by atoms with E-state index in [1.807, 2.05) is 38.1 Å². The first kappa shape index (κ1) is 15.4. The molecular weight excluding hydrogens is 320 g/mol. The summed E-state index contributed by atoms with van der Waals surface area (Å²) >= 11 is 1.35. The molecule has 0 spiro atoms. The molecule has 7 heteroatoms. The molecule has 1 aromatic carbocycles. The molecule has 1 aliphatic rings. The van der Waals surface area contributed by atoms with E-state index in [1.165, 1.54) is 11.3 Å². The second-order valence-corrected chi connectivity index (χ2v) is 9.40. The van der Waals surface area contributed by atoms with Crippen LogP contribution in [0.4, 0.5) is 0 Å². The molecule has 0 saturated carbocycles. The summed E-state index contributed by atoms with van der Waals surface area (Å²) < 4.78 is 25.2. The Balaban J connectivity index is 1.69. The van der Waals surface area contributed by atoms with Crippen molar-refractivity contribution in [2.24, 2.45) is 5.92 Å². The molecule has 0 aliphatic carbocycles. The highest BCUT2D eigenvalue weighted by Gasteiger charge is 2.40. The number of likely N-dealkylation sites (tertiary alicyclic amines) is 1. The molecule has 1 fully saturated rings. The molecule has 5 nitrogen and oxygen atoms in total. The third-order valence-corrected chi connectivity index (χ3v) is 7.16. The van der Waals surface area contributed by atoms with Crippen LogP contribution < -0.4 is 0 Å². The van der Waals surface area contributed by atoms with Gasteiger partial charge in [0.2, 0.25) is 0 Å². The highest BCUT2D eigenvalue weighted by atomic mass is 32.2. The first-order valence-corrected chi connectivity index (χ1v) is 9.76. The summed E-state index contributed by atoms with van der Waals surface area (Å²) in [6.07, 6.45) is 0. The molecule has 1 aliphatic heterocycles. The van der Waals surface area contributed by atoms with Crippen molar-refractivity contribution in [3.8, 4) is 0 Å². The maximum absolute atomic E-state index is 12.4. The number of carbonyl (C=O) groups is 1. The van der Waals surface area contributed by atoms with Crippen molar-refractivity contribution in [2.75, 3.05) is 18.8 Å². The number of rotatable bonds is 4. The van der Waals surface area contributed by atoms with Crippen LogP contribution in [0.1, 0.15) is 23.6 Å². The monoisotopic (exact) mass is 338 g/mol. The van der Waals surface area contributed by atoms with Crippen molar-refractivity contribution < 1.29 is 13.2 Å². The largest absolute Gasteiger partial charge is 0.334 e. The van der Waals surface area contributed by atoms with Crippen LogP contribution in [0.3, 0.4) is 0 Å². The Hall–Kier alpha value is -1.47. The molecule has 0 bridgehead atoms. The van der Waals surface area contributed by atoms with Crippen molar-refractivity contribution >= 4 is 37.3 Å². The molecule has 2 aromatic rings. The fourth-order valence-electron chi connectivity index (χ4n) is 2.53. The van der Waals surface area contributed by atoms with Crippen LogP contribution in [0, 0.1) is 5.92 Å². The zero-order valence-electron chi connectivity index (χ0n) is 12.5. The maximum atomic E-state index is 12.4. The molecule has 3 rings (SSSR count). The zero-order chi connectivity index (χ0) is 15.9. The number of sulfone groups is 1. The number of benzene rings is 1. The van der Waals surface area contributed by atoms with Crippen LogP contribution in [-0.2, 0) is 9.84 Å². The van der Waals surface area contributed by atoms with Crippen LogP contribution in [0.5, 0.6) is 0 Å². The average molecular weight is 338 g/mol. The highest BCUT2D eigenvalue weighted by molar-refractivity contribution is 7.92. The Morgan fingerprint density at radius 3 is 2.68 bits per heavy atom. The number of thiazole rings is 1. The number of fused-ring (bicyclic) bond motifs is 1. The topological polar surface area (TPSA) is 67.3 Å². The summed E-state index contributed by atoms with van der Waals surface area (Å²) in [6.45, 7) is 4.34. The molecule has 1 saturated heterocycles. The quantitative estimate of drug-likeness (QED) is 0.857. The second kappa shape index (κ2) is 5.62. The number of hydrogen-bond acceptors (Lipinski definition) is 5. The summed E-state index contributed by atoms with van der Waals surface area (Å²) in [4.78, 5) is 18.3. The SMILES string of the molecule is CC(C)CS(=O)(=O)C1CN(C(=O)c2nc3ccccc3s2)C1. The van der Waals surface area contributed by atoms with Gasteiger partial charge in [-0.3, -0.25) is 4.79 Å². The van der Waals surface area contributed by atoms with E-state index in [9.17, 15) is 13.2 Å². The summed E-state index contributed by atoms with van der Waals surface area (Å²) in [7, 11) is -3.11. The predicted octanol–water partition coefficient (Wildman–Crippen LogP) is 2.19. The van der Waals surface area contributed by atoms with Gasteiger partial charge in [0.15, 0.2) is 14.8 Å². The van der Waals surface area contributed by atoms with Crippen molar-refractivity contribution in [1.29, 1.82) is 0 Å². The van der Waals surface area contributed by atoms with Gasteiger partial charge in [0, 0.05) is 13.1 Å². The molecule has 1 amide bonds. The summed E-state index contributed by atoms with van der Waals surface area (Å²) in [5.74, 6) is 0.122. The van der Waals surface area contributed by atoms with Gasteiger partial charge in [-0.05, 0) is 18.1 Å². The van der Waals surface area contributed by atoms with E-state index in [4.69, 9.17) is 0 Å². The summed E-state index contributed by atoms with van der Waals surface area (Å²) in [5.41, 5.74) is 0.806. The van der Waals surface area contributed by atoms with Crippen molar-refractivity contribution in [3.05, 3.63) is 29.3 Å². The molecule has 0 atom stereocenters. The van der Waals surface area contributed by atoms with Crippen molar-refractivity contribution in [3.63, 3.8) is 0 Å². The number of carbonyl (C=O) groups excluding carboxylic acids is 1. The van der Waals surface area contributed by atoms with E-state index in [1.54, 1.807) is 4.90 Å². The van der Waals surface area contributed by atoms with Gasteiger partial charge in [-0.2, -0.15) is 0 Å². The van der Waals surface area contributed by atoms with E-state index in [-0.39, 0.29) is 30.7 Å². The van der Waals surface area contributed by atoms with Gasteiger partial charge >= 0.3 is 0 Å². The van der Waals surface area contributed by atoms with Gasteiger partial charge in [0.1, 0.15) is 0 Å². The Morgan fingerprint density at radius 2 is 2.05 bits per heavy atom. The minimum Gasteiger partial charge on any atom is -0.334 e. The highest BCUT2D eigenvalue weighted by Crippen LogP contribution is 2.26. The summed E-state index contributed by atoms with van der Waals surface area (Å²) in [5, 5.41) is 0.00846. The van der Waals surface area contributed by atoms with Crippen molar-refractivity contribution in [1.82, 2.24) is 9.88 Å². The molecule has 1 aromatic heterocycles. The first-order valence-electron chi connectivity index (χ1n) is 7.23. The lowest BCUT2D eigenvalue weighted by molar-refractivity contribution is 0.0658. The predicted molar refractivity (Wildman–Crippen MR) is 87.9 cm³/mol. The third-order valence-electron chi connectivity index (χ3n) is 3.69. The molecule has 0 N–H and O–H groups in total. The number of aromatic nitrogens is 1. The molecule has 118 valence electrons. The fraction of sp³-hybridized carbons (Fsp3) is 0.467. The fourth-order valence-corrected chi connectivity index (χ4v) is 5.48. The molecule has 22 heavy (non-hydrogen) atoms. The van der Waals surface area contributed by atoms with Crippen LogP contribution >= 0.6 is 11.3 Å². The van der Waals surface area contributed by atoms with Crippen LogP contribution in [0.2, 0.25) is 0 Å². The Labute approximate surface area is 133 Å². The Bertz CT molecular complexity index is 772. The third kappa shape index (κ3) is 2.87. The number of amides is 1. The van der Waals surface area contributed by atoms with Gasteiger partial charge in [-0.25, -0.2) is 13.4 Å². The van der Waals surface area contributed by atoms with Crippen molar-refractivity contribution in [2.45, 2.75) is 19.1 Å². The number of nitrogens with zero attached hydrogens (tertiary/aromatic N) is 2. The lowest BCUT2D eigenvalue weighted by atomic mass is 10.2. The van der Waals surface area contributed by atoms with E-state index in [2.05, 4.69) is 4.98 Å². The second-order valence-electron chi connectivity index (χ2n) is 6.04. The van der Waals surface area contributed by atoms with E-state index in [0.717, 1.165) is 10.2 Å². The van der Waals surface area contributed by atoms with E-state index in [0.29, 0.717) is 5.01 Å². The molecule has 0 radical (unpaired) electrons. The van der Waals surface area contributed by atoms with E-state index < -0.39 is 15.1 Å². The summed E-state index contributed by atoms with van der Waals surface area (Å²) in [6, 6.07) is 7.59. The lowest BCUT2D eigenvalue weighted by Gasteiger charge is -2.38. The van der Waals surface area contributed by atoms with Crippen LogP contribution in [-0.4, -0.2) is 48.3 Å². The van der Waals surface area contributed by atoms with Gasteiger partial charge < -0.3 is 4.90 Å². The number of para-hydroxylation sites is 1. The first-order chi connectivity index (χ1) is 10.4. The van der Waals surface area contributed by atoms with Gasteiger partial charge in [-0.15, -0.1) is 11.3 Å². The molecule has 0 unspecified atom stereocenters. The van der Waals surface area contributed by atoms with Gasteiger partial charge in [-0.1, -0.05) is 26.0 Å². The van der Waals surface area contributed by atoms with E-state index >= 15 is 0 Å². The zero-order valence-corrected chi connectivity index (χ0v) is 14.2. The minimum atomic E-state index is -3.11. The minimum absolute atomic E-state index is 0.110. The smallest absolute Gasteiger partial charge is 0.282 e. The van der Waals surface area contributed by atoms with Crippen LogP contribution in [0.15, 0.2) is 24.3 Å². The molecular formula is C15H18N2O3S2. The average Bonchev–Trinajstić information content (AvgIpc) is 2.78. The molecule has 2 heterocycles. The lowest BCUT2D eigenvalue weighted by Crippen LogP contribution is -2.57.